The number of benzene rings is 1. The van der Waals surface area contributed by atoms with Crippen molar-refractivity contribution < 1.29 is 13.2 Å². The molecule has 0 unspecified atom stereocenters. The van der Waals surface area contributed by atoms with Crippen molar-refractivity contribution in [1.29, 1.82) is 0 Å². The Morgan fingerprint density at radius 2 is 1.62 bits per heavy atom. The molecule has 2 heterocycles. The number of hydrogen-bond acceptors (Lipinski definition) is 6. The van der Waals surface area contributed by atoms with Crippen LogP contribution >= 0.6 is 0 Å². The third kappa shape index (κ3) is 4.94. The Labute approximate surface area is 155 Å². The first-order chi connectivity index (χ1) is 12.4. The van der Waals surface area contributed by atoms with Gasteiger partial charge in [0.1, 0.15) is 0 Å². The molecule has 3 N–H and O–H groups in total. The summed E-state index contributed by atoms with van der Waals surface area (Å²) in [5, 5.41) is 8.39. The Hall–Kier alpha value is -1.68. The molecule has 0 aromatic heterocycles. The number of hydrogen-bond donors (Lipinski definition) is 2. The Balaban J connectivity index is 1.44. The average Bonchev–Trinajstić information content (AvgIpc) is 2.66. The van der Waals surface area contributed by atoms with E-state index in [9.17, 15) is 13.2 Å². The van der Waals surface area contributed by atoms with Crippen LogP contribution in [0.1, 0.15) is 6.42 Å². The lowest BCUT2D eigenvalue weighted by Gasteiger charge is -2.36. The van der Waals surface area contributed by atoms with Gasteiger partial charge in [-0.25, -0.2) is 13.6 Å². The zero-order valence-electron chi connectivity index (χ0n) is 14.9. The molecule has 1 aromatic rings. The molecule has 0 radical (unpaired) electrons. The Bertz CT molecular complexity index is 708. The second kappa shape index (κ2) is 8.34. The number of carbonyl (C=O) groups is 1. The lowest BCUT2D eigenvalue weighted by molar-refractivity contribution is -0.132. The van der Waals surface area contributed by atoms with Crippen LogP contribution in [-0.2, 0) is 14.8 Å². The van der Waals surface area contributed by atoms with Gasteiger partial charge in [-0.05, 0) is 24.3 Å². The minimum Gasteiger partial charge on any atom is -0.369 e. The molecular weight excluding hydrogens is 354 g/mol. The van der Waals surface area contributed by atoms with Gasteiger partial charge >= 0.3 is 0 Å². The molecule has 0 saturated carbocycles. The molecule has 0 atom stereocenters. The first-order valence-corrected chi connectivity index (χ1v) is 10.6. The molecule has 2 saturated heterocycles. The summed E-state index contributed by atoms with van der Waals surface area (Å²) in [5.74, 6) is 0.243. The fraction of sp³-hybridized carbons (Fsp3) is 0.588. The van der Waals surface area contributed by atoms with Gasteiger partial charge in [-0.3, -0.25) is 9.69 Å². The van der Waals surface area contributed by atoms with Crippen molar-refractivity contribution in [1.82, 2.24) is 15.1 Å². The van der Waals surface area contributed by atoms with Crippen LogP contribution in [0.25, 0.3) is 0 Å². The van der Waals surface area contributed by atoms with Gasteiger partial charge in [-0.15, -0.1) is 0 Å². The standard InChI is InChI=1S/C17H27N5O3S/c18-26(24,25)16-3-1-15(2-4-16)21-13-11-20(12-14-21)8-5-17(23)22-9-6-19-7-10-22/h1-4,19H,5-14H2,(H2,18,24,25). The van der Waals surface area contributed by atoms with Crippen molar-refractivity contribution in [3.05, 3.63) is 24.3 Å². The van der Waals surface area contributed by atoms with E-state index in [1.54, 1.807) is 24.3 Å². The summed E-state index contributed by atoms with van der Waals surface area (Å²) in [6.07, 6.45) is 0.572. The molecule has 144 valence electrons. The van der Waals surface area contributed by atoms with Crippen LogP contribution in [0.5, 0.6) is 0 Å². The van der Waals surface area contributed by atoms with Crippen molar-refractivity contribution in [3.63, 3.8) is 0 Å². The van der Waals surface area contributed by atoms with E-state index in [4.69, 9.17) is 5.14 Å². The highest BCUT2D eigenvalue weighted by atomic mass is 32.2. The van der Waals surface area contributed by atoms with Crippen molar-refractivity contribution in [2.24, 2.45) is 5.14 Å². The lowest BCUT2D eigenvalue weighted by atomic mass is 10.2. The predicted molar refractivity (Wildman–Crippen MR) is 101 cm³/mol. The molecule has 1 aromatic carbocycles. The topological polar surface area (TPSA) is 99.0 Å². The molecule has 3 rings (SSSR count). The van der Waals surface area contributed by atoms with Gasteiger partial charge in [-0.1, -0.05) is 0 Å². The predicted octanol–water partition coefficient (Wildman–Crippen LogP) is -0.722. The third-order valence-corrected chi connectivity index (χ3v) is 5.94. The molecule has 0 spiro atoms. The van der Waals surface area contributed by atoms with Gasteiger partial charge in [0, 0.05) is 71.0 Å². The maximum absolute atomic E-state index is 12.2. The highest BCUT2D eigenvalue weighted by Gasteiger charge is 2.20. The second-order valence-electron chi connectivity index (χ2n) is 6.75. The number of nitrogens with two attached hydrogens (primary N) is 1. The fourth-order valence-electron chi connectivity index (χ4n) is 3.40. The highest BCUT2D eigenvalue weighted by Crippen LogP contribution is 2.19. The largest absolute Gasteiger partial charge is 0.369 e. The van der Waals surface area contributed by atoms with Gasteiger partial charge in [0.25, 0.3) is 0 Å². The summed E-state index contributed by atoms with van der Waals surface area (Å²) < 4.78 is 22.7. The number of carbonyl (C=O) groups excluding carboxylic acids is 1. The van der Waals surface area contributed by atoms with Crippen molar-refractivity contribution in [3.8, 4) is 0 Å². The molecule has 0 aliphatic carbocycles. The van der Waals surface area contributed by atoms with E-state index >= 15 is 0 Å². The number of nitrogens with zero attached hydrogens (tertiary/aromatic N) is 3. The molecule has 2 aliphatic heterocycles. The Morgan fingerprint density at radius 3 is 2.19 bits per heavy atom. The third-order valence-electron chi connectivity index (χ3n) is 5.01. The molecule has 1 amide bonds. The normalized spacial score (nSPS) is 19.6. The maximum atomic E-state index is 12.2. The van der Waals surface area contributed by atoms with Crippen molar-refractivity contribution >= 4 is 21.6 Å². The maximum Gasteiger partial charge on any atom is 0.238 e. The summed E-state index contributed by atoms with van der Waals surface area (Å²) in [6, 6.07) is 6.68. The number of sulfonamides is 1. The molecule has 9 heteroatoms. The van der Waals surface area contributed by atoms with E-state index in [1.807, 2.05) is 4.90 Å². The first-order valence-electron chi connectivity index (χ1n) is 9.02. The highest BCUT2D eigenvalue weighted by molar-refractivity contribution is 7.89. The van der Waals surface area contributed by atoms with Gasteiger partial charge in [0.15, 0.2) is 0 Å². The number of rotatable bonds is 5. The summed E-state index contributed by atoms with van der Waals surface area (Å²) >= 11 is 0. The fourth-order valence-corrected chi connectivity index (χ4v) is 3.92. The minimum atomic E-state index is -3.65. The summed E-state index contributed by atoms with van der Waals surface area (Å²) in [6.45, 7) is 7.68. The second-order valence-corrected chi connectivity index (χ2v) is 8.31. The smallest absolute Gasteiger partial charge is 0.238 e. The number of nitrogens with one attached hydrogen (secondary N) is 1. The van der Waals surface area contributed by atoms with Crippen molar-refractivity contribution in [2.45, 2.75) is 11.3 Å². The molecule has 8 nitrogen and oxygen atoms in total. The van der Waals surface area contributed by atoms with Gasteiger partial charge in [0.05, 0.1) is 4.90 Å². The van der Waals surface area contributed by atoms with Crippen LogP contribution in [-0.4, -0.2) is 83.0 Å². The average molecular weight is 382 g/mol. The number of piperazine rings is 2. The molecule has 2 fully saturated rings. The van der Waals surface area contributed by atoms with Crippen LogP contribution < -0.4 is 15.4 Å². The first kappa shape index (κ1) is 19.1. The monoisotopic (exact) mass is 381 g/mol. The Morgan fingerprint density at radius 1 is 1.00 bits per heavy atom. The SMILES string of the molecule is NS(=O)(=O)c1ccc(N2CCN(CCC(=O)N3CCNCC3)CC2)cc1. The molecular formula is C17H27N5O3S. The van der Waals surface area contributed by atoms with Crippen LogP contribution in [0, 0.1) is 0 Å². The van der Waals surface area contributed by atoms with E-state index in [0.29, 0.717) is 6.42 Å². The van der Waals surface area contributed by atoms with E-state index in [1.165, 1.54) is 0 Å². The van der Waals surface area contributed by atoms with Crippen molar-refractivity contribution in [2.75, 3.05) is 63.8 Å². The zero-order valence-corrected chi connectivity index (χ0v) is 15.7. The van der Waals surface area contributed by atoms with E-state index in [2.05, 4.69) is 15.1 Å². The number of primary sulfonamides is 1. The minimum absolute atomic E-state index is 0.131. The van der Waals surface area contributed by atoms with E-state index < -0.39 is 10.0 Å². The number of anilines is 1. The molecule has 2 aliphatic rings. The number of amides is 1. The Kier molecular flexibility index (Phi) is 6.13. The molecule has 26 heavy (non-hydrogen) atoms. The molecule has 0 bridgehead atoms. The van der Waals surface area contributed by atoms with Crippen LogP contribution in [0.4, 0.5) is 5.69 Å². The quantitative estimate of drug-likeness (QED) is 0.698. The van der Waals surface area contributed by atoms with Crippen LogP contribution in [0.15, 0.2) is 29.2 Å². The van der Waals surface area contributed by atoms with Gasteiger partial charge in [0.2, 0.25) is 15.9 Å². The van der Waals surface area contributed by atoms with E-state index in [-0.39, 0.29) is 10.8 Å². The summed E-state index contributed by atoms with van der Waals surface area (Å²) in [4.78, 5) is 18.9. The lowest BCUT2D eigenvalue weighted by Crippen LogP contribution is -2.49. The zero-order chi connectivity index (χ0) is 18.6. The van der Waals surface area contributed by atoms with Crippen LogP contribution in [0.2, 0.25) is 0 Å². The van der Waals surface area contributed by atoms with Gasteiger partial charge < -0.3 is 15.1 Å². The summed E-state index contributed by atoms with van der Waals surface area (Å²) in [5.41, 5.74) is 0.994. The van der Waals surface area contributed by atoms with E-state index in [0.717, 1.165) is 64.6 Å². The van der Waals surface area contributed by atoms with Gasteiger partial charge in [-0.2, -0.15) is 0 Å². The summed E-state index contributed by atoms with van der Waals surface area (Å²) in [7, 11) is -3.65. The van der Waals surface area contributed by atoms with Crippen LogP contribution in [0.3, 0.4) is 0 Å².